The predicted molar refractivity (Wildman–Crippen MR) is 73.4 cm³/mol. The molecule has 2 nitrogen and oxygen atoms in total. The number of nitrogens with two attached hydrogens (primary N) is 1. The molecule has 2 atom stereocenters. The highest BCUT2D eigenvalue weighted by atomic mass is 32.2. The molecular weight excluding hydrogens is 224 g/mol. The normalized spacial score (nSPS) is 25.2. The van der Waals surface area contributed by atoms with Gasteiger partial charge in [0.2, 0.25) is 0 Å². The third kappa shape index (κ3) is 5.48. The van der Waals surface area contributed by atoms with Gasteiger partial charge in [-0.05, 0) is 18.3 Å². The Morgan fingerprint density at radius 1 is 1.40 bits per heavy atom. The molecule has 0 amide bonds. The summed E-state index contributed by atoms with van der Waals surface area (Å²) < 4.78 is 0. The van der Waals surface area contributed by atoms with Gasteiger partial charge in [0.15, 0.2) is 0 Å². The van der Waals surface area contributed by atoms with Crippen LogP contribution in [0, 0.1) is 5.41 Å². The first kappa shape index (κ1) is 13.7. The fourth-order valence-electron chi connectivity index (χ4n) is 1.70. The smallest absolute Gasteiger partial charge is 0.0337 e. The molecule has 1 rings (SSSR count). The van der Waals surface area contributed by atoms with Crippen LogP contribution < -0.4 is 11.3 Å². The number of rotatable bonds is 4. The monoisotopic (exact) mass is 248 g/mol. The molecule has 0 aromatic carbocycles. The molecule has 1 heterocycles. The van der Waals surface area contributed by atoms with Crippen molar-refractivity contribution in [1.82, 2.24) is 5.43 Å². The highest BCUT2D eigenvalue weighted by molar-refractivity contribution is 8.06. The van der Waals surface area contributed by atoms with E-state index in [1.54, 1.807) is 0 Å². The molecule has 1 fully saturated rings. The van der Waals surface area contributed by atoms with Gasteiger partial charge in [-0.2, -0.15) is 23.5 Å². The van der Waals surface area contributed by atoms with Crippen LogP contribution in [0.25, 0.3) is 0 Å². The average molecular weight is 248 g/mol. The molecule has 1 saturated heterocycles. The fourth-order valence-corrected chi connectivity index (χ4v) is 4.61. The third-order valence-electron chi connectivity index (χ3n) is 2.71. The molecule has 0 aromatic heterocycles. The number of hydrazine groups is 1. The Morgan fingerprint density at radius 3 is 2.60 bits per heavy atom. The summed E-state index contributed by atoms with van der Waals surface area (Å²) in [5.74, 6) is 9.50. The number of nitrogens with one attached hydrogen (secondary N) is 1. The van der Waals surface area contributed by atoms with Gasteiger partial charge in [-0.1, -0.05) is 20.8 Å². The van der Waals surface area contributed by atoms with E-state index < -0.39 is 0 Å². The van der Waals surface area contributed by atoms with Crippen molar-refractivity contribution in [2.75, 3.05) is 17.3 Å². The van der Waals surface area contributed by atoms with E-state index in [1.807, 2.05) is 0 Å². The lowest BCUT2D eigenvalue weighted by molar-refractivity contribution is 0.330. The Hall–Kier alpha value is 0.620. The minimum Gasteiger partial charge on any atom is -0.271 e. The third-order valence-corrected chi connectivity index (χ3v) is 5.63. The van der Waals surface area contributed by atoms with E-state index in [0.29, 0.717) is 16.7 Å². The quantitative estimate of drug-likeness (QED) is 0.592. The van der Waals surface area contributed by atoms with Crippen LogP contribution in [0.5, 0.6) is 0 Å². The molecule has 15 heavy (non-hydrogen) atoms. The first-order valence-corrected chi connectivity index (χ1v) is 7.89. The van der Waals surface area contributed by atoms with Crippen molar-refractivity contribution in [3.63, 3.8) is 0 Å². The highest BCUT2D eigenvalue weighted by Gasteiger charge is 2.25. The van der Waals surface area contributed by atoms with Crippen molar-refractivity contribution in [3.05, 3.63) is 0 Å². The van der Waals surface area contributed by atoms with E-state index in [9.17, 15) is 0 Å². The van der Waals surface area contributed by atoms with Crippen molar-refractivity contribution in [2.45, 2.75) is 44.9 Å². The molecule has 4 heteroatoms. The second-order valence-electron chi connectivity index (χ2n) is 5.36. The van der Waals surface area contributed by atoms with Crippen LogP contribution in [0.3, 0.4) is 0 Å². The van der Waals surface area contributed by atoms with Gasteiger partial charge in [-0.3, -0.25) is 11.3 Å². The summed E-state index contributed by atoms with van der Waals surface area (Å²) >= 11 is 4.15. The summed E-state index contributed by atoms with van der Waals surface area (Å²) in [6, 6.07) is 0.488. The second-order valence-corrected chi connectivity index (χ2v) is 7.85. The fraction of sp³-hybridized carbons (Fsp3) is 1.00. The summed E-state index contributed by atoms with van der Waals surface area (Å²) in [5.41, 5.74) is 3.43. The molecule has 1 aliphatic heterocycles. The molecule has 2 unspecified atom stereocenters. The zero-order valence-electron chi connectivity index (χ0n) is 10.1. The lowest BCUT2D eigenvalue weighted by Crippen LogP contribution is -2.45. The molecule has 0 radical (unpaired) electrons. The summed E-state index contributed by atoms with van der Waals surface area (Å²) in [5, 5.41) is 0.705. The molecule has 0 bridgehead atoms. The van der Waals surface area contributed by atoms with Crippen LogP contribution in [-0.2, 0) is 0 Å². The minimum absolute atomic E-state index is 0.418. The van der Waals surface area contributed by atoms with Crippen molar-refractivity contribution in [3.8, 4) is 0 Å². The Kier molecular flexibility index (Phi) is 5.82. The molecule has 0 aromatic rings. The Morgan fingerprint density at radius 2 is 2.13 bits per heavy atom. The van der Waals surface area contributed by atoms with Gasteiger partial charge >= 0.3 is 0 Å². The number of hydrogen-bond acceptors (Lipinski definition) is 4. The van der Waals surface area contributed by atoms with Crippen LogP contribution >= 0.6 is 23.5 Å². The lowest BCUT2D eigenvalue weighted by atomic mass is 9.88. The molecule has 0 spiro atoms. The van der Waals surface area contributed by atoms with E-state index in [4.69, 9.17) is 5.84 Å². The average Bonchev–Trinajstić information content (AvgIpc) is 2.19. The van der Waals surface area contributed by atoms with Gasteiger partial charge in [0.1, 0.15) is 0 Å². The van der Waals surface area contributed by atoms with E-state index in [1.165, 1.54) is 30.1 Å². The van der Waals surface area contributed by atoms with Crippen LogP contribution in [0.15, 0.2) is 0 Å². The van der Waals surface area contributed by atoms with Crippen LogP contribution in [-0.4, -0.2) is 28.6 Å². The maximum absolute atomic E-state index is 5.66. The van der Waals surface area contributed by atoms with E-state index >= 15 is 0 Å². The summed E-state index contributed by atoms with van der Waals surface area (Å²) in [4.78, 5) is 0. The first-order valence-electron chi connectivity index (χ1n) is 5.68. The summed E-state index contributed by atoms with van der Waals surface area (Å²) in [7, 11) is 0. The molecular formula is C11H24N2S2. The van der Waals surface area contributed by atoms with E-state index in [0.717, 1.165) is 0 Å². The Bertz CT molecular complexity index is 174. The molecule has 3 N–H and O–H groups in total. The Labute approximate surface area is 102 Å². The molecule has 90 valence electrons. The SMILES string of the molecule is CC(C)(C)CCC(NN)C1CSCCS1. The van der Waals surface area contributed by atoms with Crippen LogP contribution in [0.4, 0.5) is 0 Å². The summed E-state index contributed by atoms with van der Waals surface area (Å²) in [6.45, 7) is 6.88. The maximum atomic E-state index is 5.66. The minimum atomic E-state index is 0.418. The number of thioether (sulfide) groups is 2. The highest BCUT2D eigenvalue weighted by Crippen LogP contribution is 2.30. The Balaban J connectivity index is 2.34. The van der Waals surface area contributed by atoms with Crippen LogP contribution in [0.2, 0.25) is 0 Å². The van der Waals surface area contributed by atoms with Crippen molar-refractivity contribution in [2.24, 2.45) is 11.3 Å². The summed E-state index contributed by atoms with van der Waals surface area (Å²) in [6.07, 6.45) is 2.43. The largest absolute Gasteiger partial charge is 0.271 e. The van der Waals surface area contributed by atoms with Gasteiger partial charge < -0.3 is 0 Å². The van der Waals surface area contributed by atoms with Gasteiger partial charge in [-0.15, -0.1) is 0 Å². The molecule has 0 aliphatic carbocycles. The topological polar surface area (TPSA) is 38.0 Å². The zero-order chi connectivity index (χ0) is 11.3. The van der Waals surface area contributed by atoms with Gasteiger partial charge in [0.05, 0.1) is 0 Å². The standard InChI is InChI=1S/C11H24N2S2/c1-11(2,3)5-4-9(13-12)10-8-14-6-7-15-10/h9-10,13H,4-8,12H2,1-3H3. The molecule has 0 saturated carbocycles. The van der Waals surface area contributed by atoms with E-state index in [2.05, 4.69) is 49.7 Å². The second kappa shape index (κ2) is 6.38. The van der Waals surface area contributed by atoms with Crippen molar-refractivity contribution in [1.29, 1.82) is 0 Å². The van der Waals surface area contributed by atoms with Crippen molar-refractivity contribution < 1.29 is 0 Å². The van der Waals surface area contributed by atoms with Crippen molar-refractivity contribution >= 4 is 23.5 Å². The number of hydrogen-bond donors (Lipinski definition) is 2. The van der Waals surface area contributed by atoms with Gasteiger partial charge in [0.25, 0.3) is 0 Å². The predicted octanol–water partition coefficient (Wildman–Crippen LogP) is 2.49. The van der Waals surface area contributed by atoms with Crippen LogP contribution in [0.1, 0.15) is 33.6 Å². The zero-order valence-corrected chi connectivity index (χ0v) is 11.7. The lowest BCUT2D eigenvalue weighted by Gasteiger charge is -2.31. The molecule has 1 aliphatic rings. The van der Waals surface area contributed by atoms with Gasteiger partial charge in [0, 0.05) is 28.6 Å². The van der Waals surface area contributed by atoms with Gasteiger partial charge in [-0.25, -0.2) is 0 Å². The first-order chi connectivity index (χ1) is 7.03. The van der Waals surface area contributed by atoms with E-state index in [-0.39, 0.29) is 0 Å². The maximum Gasteiger partial charge on any atom is 0.0337 e.